The lowest BCUT2D eigenvalue weighted by molar-refractivity contribution is 0.572. The Labute approximate surface area is 90.5 Å². The van der Waals surface area contributed by atoms with Crippen LogP contribution in [0.5, 0.6) is 0 Å². The summed E-state index contributed by atoms with van der Waals surface area (Å²) in [6.07, 6.45) is 1.39. The van der Waals surface area contributed by atoms with Gasteiger partial charge in [0, 0.05) is 6.54 Å². The van der Waals surface area contributed by atoms with E-state index in [9.17, 15) is 0 Å². The lowest BCUT2D eigenvalue weighted by atomic mass is 10.2. The van der Waals surface area contributed by atoms with E-state index in [-0.39, 0.29) is 0 Å². The third-order valence-corrected chi connectivity index (χ3v) is 3.64. The van der Waals surface area contributed by atoms with Crippen LogP contribution in [0.2, 0.25) is 5.02 Å². The fourth-order valence-electron chi connectivity index (χ4n) is 1.18. The topological polar surface area (TPSA) is 52.0 Å². The largest absolute Gasteiger partial charge is 0.442 e. The summed E-state index contributed by atoms with van der Waals surface area (Å²) in [5.74, 6) is 0.690. The molecule has 14 heavy (non-hydrogen) atoms. The minimum atomic E-state index is 0.360. The lowest BCUT2D eigenvalue weighted by Crippen LogP contribution is -1.97. The fraction of sp³-hybridized carbons (Fsp3) is 0.222. The van der Waals surface area contributed by atoms with Gasteiger partial charge in [-0.05, 0) is 17.9 Å². The zero-order valence-electron chi connectivity index (χ0n) is 7.58. The molecule has 0 atom stereocenters. The summed E-state index contributed by atoms with van der Waals surface area (Å²) in [6, 6.07) is 0. The number of nitrogens with zero attached hydrogens (tertiary/aromatic N) is 1. The van der Waals surface area contributed by atoms with Crippen LogP contribution in [0.3, 0.4) is 0 Å². The molecule has 0 aliphatic heterocycles. The van der Waals surface area contributed by atoms with Gasteiger partial charge in [-0.15, -0.1) is 11.3 Å². The third-order valence-electron chi connectivity index (χ3n) is 1.94. The predicted octanol–water partition coefficient (Wildman–Crippen LogP) is 2.82. The molecule has 0 radical (unpaired) electrons. The Hall–Kier alpha value is -0.840. The maximum Gasteiger partial charge on any atom is 0.181 e. The summed E-state index contributed by atoms with van der Waals surface area (Å²) in [4.78, 5) is 4.92. The molecule has 5 heteroatoms. The van der Waals surface area contributed by atoms with Crippen LogP contribution in [0.25, 0.3) is 10.6 Å². The SMILES string of the molecule is Cc1csc(-c2ocnc2CN)c1Cl. The first-order chi connectivity index (χ1) is 6.74. The van der Waals surface area contributed by atoms with E-state index < -0.39 is 0 Å². The average Bonchev–Trinajstić information content (AvgIpc) is 2.75. The van der Waals surface area contributed by atoms with Crippen molar-refractivity contribution in [3.05, 3.63) is 28.1 Å². The van der Waals surface area contributed by atoms with E-state index in [1.54, 1.807) is 11.3 Å². The molecule has 0 aromatic carbocycles. The molecule has 0 aliphatic carbocycles. The molecular formula is C9H9ClN2OS. The molecule has 2 aromatic heterocycles. The highest BCUT2D eigenvalue weighted by Gasteiger charge is 2.15. The molecule has 0 saturated carbocycles. The number of hydrogen-bond donors (Lipinski definition) is 1. The quantitative estimate of drug-likeness (QED) is 0.860. The Bertz CT molecular complexity index is 449. The molecule has 3 nitrogen and oxygen atoms in total. The Morgan fingerprint density at radius 3 is 3.00 bits per heavy atom. The minimum absolute atomic E-state index is 0.360. The van der Waals surface area contributed by atoms with Crippen molar-refractivity contribution < 1.29 is 4.42 Å². The summed E-state index contributed by atoms with van der Waals surface area (Å²) in [5, 5.41) is 2.71. The summed E-state index contributed by atoms with van der Waals surface area (Å²) in [5.41, 5.74) is 7.32. The van der Waals surface area contributed by atoms with E-state index in [4.69, 9.17) is 21.8 Å². The second kappa shape index (κ2) is 3.73. The zero-order chi connectivity index (χ0) is 10.1. The van der Waals surface area contributed by atoms with Gasteiger partial charge in [-0.3, -0.25) is 0 Å². The van der Waals surface area contributed by atoms with E-state index in [2.05, 4.69) is 4.98 Å². The lowest BCUT2D eigenvalue weighted by Gasteiger charge is -1.96. The smallest absolute Gasteiger partial charge is 0.181 e. The van der Waals surface area contributed by atoms with Gasteiger partial charge in [-0.2, -0.15) is 0 Å². The summed E-state index contributed by atoms with van der Waals surface area (Å²) in [7, 11) is 0. The molecule has 2 rings (SSSR count). The van der Waals surface area contributed by atoms with Crippen molar-refractivity contribution >= 4 is 22.9 Å². The molecule has 0 spiro atoms. The highest BCUT2D eigenvalue weighted by molar-refractivity contribution is 7.14. The number of nitrogens with two attached hydrogens (primary N) is 1. The van der Waals surface area contributed by atoms with Crippen molar-refractivity contribution in [3.8, 4) is 10.6 Å². The summed E-state index contributed by atoms with van der Waals surface area (Å²) in [6.45, 7) is 2.32. The Morgan fingerprint density at radius 2 is 2.43 bits per heavy atom. The first kappa shape index (κ1) is 9.71. The first-order valence-corrected chi connectivity index (χ1v) is 5.36. The van der Waals surface area contributed by atoms with Gasteiger partial charge in [0.15, 0.2) is 12.2 Å². The summed E-state index contributed by atoms with van der Waals surface area (Å²) >= 11 is 7.65. The summed E-state index contributed by atoms with van der Waals surface area (Å²) < 4.78 is 5.27. The number of aromatic nitrogens is 1. The average molecular weight is 229 g/mol. The van der Waals surface area contributed by atoms with Crippen LogP contribution in [-0.4, -0.2) is 4.98 Å². The number of thiophene rings is 1. The van der Waals surface area contributed by atoms with Gasteiger partial charge in [0.05, 0.1) is 9.90 Å². The van der Waals surface area contributed by atoms with Crippen molar-refractivity contribution in [2.24, 2.45) is 5.73 Å². The number of oxazole rings is 1. The predicted molar refractivity (Wildman–Crippen MR) is 57.5 cm³/mol. The highest BCUT2D eigenvalue weighted by Crippen LogP contribution is 2.37. The molecule has 0 unspecified atom stereocenters. The zero-order valence-corrected chi connectivity index (χ0v) is 9.15. The maximum atomic E-state index is 6.11. The molecule has 2 aromatic rings. The van der Waals surface area contributed by atoms with Crippen LogP contribution < -0.4 is 5.73 Å². The van der Waals surface area contributed by atoms with Crippen LogP contribution in [0.4, 0.5) is 0 Å². The normalized spacial score (nSPS) is 10.8. The second-order valence-electron chi connectivity index (χ2n) is 2.89. The molecule has 0 fully saturated rings. The van der Waals surface area contributed by atoms with Gasteiger partial charge in [0.2, 0.25) is 0 Å². The van der Waals surface area contributed by atoms with Crippen LogP contribution in [-0.2, 0) is 6.54 Å². The Balaban J connectivity index is 2.54. The molecule has 0 aliphatic rings. The van der Waals surface area contributed by atoms with Gasteiger partial charge in [-0.25, -0.2) is 4.98 Å². The minimum Gasteiger partial charge on any atom is -0.442 e. The fourth-order valence-corrected chi connectivity index (χ4v) is 2.47. The van der Waals surface area contributed by atoms with Crippen LogP contribution >= 0.6 is 22.9 Å². The first-order valence-electron chi connectivity index (χ1n) is 4.10. The molecule has 2 heterocycles. The molecule has 0 saturated heterocycles. The molecular weight excluding hydrogens is 220 g/mol. The number of hydrogen-bond acceptors (Lipinski definition) is 4. The van der Waals surface area contributed by atoms with E-state index in [1.165, 1.54) is 6.39 Å². The third kappa shape index (κ3) is 1.45. The maximum absolute atomic E-state index is 6.11. The van der Waals surface area contributed by atoms with Crippen LogP contribution in [0, 0.1) is 6.92 Å². The molecule has 74 valence electrons. The number of halogens is 1. The van der Waals surface area contributed by atoms with E-state index in [0.29, 0.717) is 12.3 Å². The number of aryl methyl sites for hydroxylation is 1. The van der Waals surface area contributed by atoms with Crippen molar-refractivity contribution in [2.45, 2.75) is 13.5 Å². The van der Waals surface area contributed by atoms with Gasteiger partial charge in [0.1, 0.15) is 5.69 Å². The van der Waals surface area contributed by atoms with E-state index in [0.717, 1.165) is 21.2 Å². The van der Waals surface area contributed by atoms with Gasteiger partial charge >= 0.3 is 0 Å². The Kier molecular flexibility index (Phi) is 2.58. The highest BCUT2D eigenvalue weighted by atomic mass is 35.5. The molecule has 0 amide bonds. The Morgan fingerprint density at radius 1 is 1.64 bits per heavy atom. The van der Waals surface area contributed by atoms with E-state index >= 15 is 0 Å². The van der Waals surface area contributed by atoms with Crippen molar-refractivity contribution in [3.63, 3.8) is 0 Å². The standard InChI is InChI=1S/C9H9ClN2OS/c1-5-3-14-9(7(5)10)8-6(2-11)12-4-13-8/h3-4H,2,11H2,1H3. The van der Waals surface area contributed by atoms with Crippen molar-refractivity contribution in [1.29, 1.82) is 0 Å². The molecule has 0 bridgehead atoms. The number of rotatable bonds is 2. The van der Waals surface area contributed by atoms with Crippen molar-refractivity contribution in [1.82, 2.24) is 4.98 Å². The van der Waals surface area contributed by atoms with Gasteiger partial charge in [0.25, 0.3) is 0 Å². The van der Waals surface area contributed by atoms with Gasteiger partial charge < -0.3 is 10.2 Å². The molecule has 2 N–H and O–H groups in total. The van der Waals surface area contributed by atoms with E-state index in [1.807, 2.05) is 12.3 Å². The van der Waals surface area contributed by atoms with Crippen LogP contribution in [0.1, 0.15) is 11.3 Å². The second-order valence-corrected chi connectivity index (χ2v) is 4.15. The monoisotopic (exact) mass is 228 g/mol. The van der Waals surface area contributed by atoms with Crippen LogP contribution in [0.15, 0.2) is 16.2 Å². The van der Waals surface area contributed by atoms with Gasteiger partial charge in [-0.1, -0.05) is 11.6 Å². The van der Waals surface area contributed by atoms with Crippen molar-refractivity contribution in [2.75, 3.05) is 0 Å².